The molecule has 0 spiro atoms. The van der Waals surface area contributed by atoms with Gasteiger partial charge in [-0.05, 0) is 58.3 Å². The first-order chi connectivity index (χ1) is 9.86. The minimum Gasteiger partial charge on any atom is -0.327 e. The highest BCUT2D eigenvalue weighted by Gasteiger charge is 2.27. The second-order valence-corrected chi connectivity index (χ2v) is 7.05. The summed E-state index contributed by atoms with van der Waals surface area (Å²) in [4.78, 5) is 0. The number of rotatable bonds is 6. The van der Waals surface area contributed by atoms with E-state index in [4.69, 9.17) is 5.73 Å². The molecule has 0 fully saturated rings. The molecule has 1 heteroatoms. The second kappa shape index (κ2) is 8.38. The van der Waals surface area contributed by atoms with Crippen LogP contribution in [0.4, 0.5) is 0 Å². The number of hydrogen-bond donors (Lipinski definition) is 1. The molecule has 0 aliphatic heterocycles. The summed E-state index contributed by atoms with van der Waals surface area (Å²) in [5.41, 5.74) is 11.9. The molecule has 0 aromatic rings. The lowest BCUT2D eigenvalue weighted by atomic mass is 9.71. The lowest BCUT2D eigenvalue weighted by molar-refractivity contribution is 0.354. The molecule has 21 heavy (non-hydrogen) atoms. The summed E-state index contributed by atoms with van der Waals surface area (Å²) in [6.07, 6.45) is 14.9. The predicted molar refractivity (Wildman–Crippen MR) is 95.3 cm³/mol. The lowest BCUT2D eigenvalue weighted by Crippen LogP contribution is -2.20. The third-order valence-corrected chi connectivity index (χ3v) is 4.63. The van der Waals surface area contributed by atoms with Gasteiger partial charge in [-0.3, -0.25) is 0 Å². The lowest BCUT2D eigenvalue weighted by Gasteiger charge is -2.34. The van der Waals surface area contributed by atoms with E-state index in [1.54, 1.807) is 11.1 Å². The van der Waals surface area contributed by atoms with E-state index in [2.05, 4.69) is 52.8 Å². The predicted octanol–water partition coefficient (Wildman–Crippen LogP) is 5.70. The Hall–Kier alpha value is -1.08. The van der Waals surface area contributed by atoms with Gasteiger partial charge >= 0.3 is 0 Å². The van der Waals surface area contributed by atoms with Gasteiger partial charge in [0.25, 0.3) is 0 Å². The molecule has 0 saturated carbocycles. The first-order valence-electron chi connectivity index (χ1n) is 8.26. The molecule has 1 aliphatic rings. The van der Waals surface area contributed by atoms with E-state index in [1.165, 1.54) is 43.3 Å². The maximum absolute atomic E-state index is 5.50. The summed E-state index contributed by atoms with van der Waals surface area (Å²) in [5.74, 6) is 0. The molecule has 1 rings (SSSR count). The Morgan fingerprint density at radius 2 is 2.00 bits per heavy atom. The zero-order chi connectivity index (χ0) is 15.9. The number of allylic oxidation sites excluding steroid dienone is 7. The largest absolute Gasteiger partial charge is 0.327 e. The summed E-state index contributed by atoms with van der Waals surface area (Å²) in [7, 11) is 0. The van der Waals surface area contributed by atoms with Crippen LogP contribution in [0.1, 0.15) is 66.7 Å². The van der Waals surface area contributed by atoms with Crippen molar-refractivity contribution in [3.63, 3.8) is 0 Å². The van der Waals surface area contributed by atoms with E-state index in [0.717, 1.165) is 0 Å². The summed E-state index contributed by atoms with van der Waals surface area (Å²) in [6.45, 7) is 12.1. The molecule has 0 aromatic heterocycles. The molecular weight excluding hydrogens is 254 g/mol. The fourth-order valence-electron chi connectivity index (χ4n) is 3.25. The van der Waals surface area contributed by atoms with Crippen LogP contribution in [0, 0.1) is 5.41 Å². The highest BCUT2D eigenvalue weighted by Crippen LogP contribution is 2.42. The van der Waals surface area contributed by atoms with E-state index in [0.29, 0.717) is 12.0 Å². The fraction of sp³-hybridized carbons (Fsp3) is 0.600. The van der Waals surface area contributed by atoms with Crippen molar-refractivity contribution < 1.29 is 0 Å². The molecule has 0 heterocycles. The first kappa shape index (κ1) is 18.0. The SMILES string of the molecule is CC1=C(CC/C(C)=C/C=C\C(C)=C\CN)C(C)(C)CCC1. The monoisotopic (exact) mass is 287 g/mol. The van der Waals surface area contributed by atoms with Crippen LogP contribution in [0.5, 0.6) is 0 Å². The Morgan fingerprint density at radius 1 is 1.29 bits per heavy atom. The molecule has 0 radical (unpaired) electrons. The van der Waals surface area contributed by atoms with Gasteiger partial charge in [0.1, 0.15) is 0 Å². The first-order valence-corrected chi connectivity index (χ1v) is 8.26. The highest BCUT2D eigenvalue weighted by atomic mass is 14.5. The highest BCUT2D eigenvalue weighted by molar-refractivity contribution is 5.25. The van der Waals surface area contributed by atoms with Gasteiger partial charge in [0.2, 0.25) is 0 Å². The third-order valence-electron chi connectivity index (χ3n) is 4.63. The van der Waals surface area contributed by atoms with Crippen LogP contribution < -0.4 is 5.73 Å². The summed E-state index contributed by atoms with van der Waals surface area (Å²) < 4.78 is 0. The van der Waals surface area contributed by atoms with Crippen molar-refractivity contribution in [3.05, 3.63) is 46.6 Å². The van der Waals surface area contributed by atoms with Gasteiger partial charge in [-0.2, -0.15) is 0 Å². The van der Waals surface area contributed by atoms with Gasteiger partial charge in [-0.25, -0.2) is 0 Å². The molecular formula is C20H33N. The van der Waals surface area contributed by atoms with Gasteiger partial charge < -0.3 is 5.73 Å². The topological polar surface area (TPSA) is 26.0 Å². The van der Waals surface area contributed by atoms with Crippen LogP contribution in [0.25, 0.3) is 0 Å². The van der Waals surface area contributed by atoms with Crippen LogP contribution in [0.15, 0.2) is 46.6 Å². The molecule has 0 saturated heterocycles. The Morgan fingerprint density at radius 3 is 2.62 bits per heavy atom. The quantitative estimate of drug-likeness (QED) is 0.492. The normalized spacial score (nSPS) is 20.5. The smallest absolute Gasteiger partial charge is 0.0112 e. The van der Waals surface area contributed by atoms with Crippen molar-refractivity contribution >= 4 is 0 Å². The number of hydrogen-bond acceptors (Lipinski definition) is 1. The van der Waals surface area contributed by atoms with E-state index >= 15 is 0 Å². The van der Waals surface area contributed by atoms with Gasteiger partial charge in [0.15, 0.2) is 0 Å². The molecule has 1 aliphatic carbocycles. The van der Waals surface area contributed by atoms with Crippen molar-refractivity contribution in [1.82, 2.24) is 0 Å². The van der Waals surface area contributed by atoms with Crippen LogP contribution in [-0.4, -0.2) is 6.54 Å². The summed E-state index contributed by atoms with van der Waals surface area (Å²) in [5, 5.41) is 0. The molecule has 0 unspecified atom stereocenters. The fourth-order valence-corrected chi connectivity index (χ4v) is 3.25. The van der Waals surface area contributed by atoms with Gasteiger partial charge in [-0.15, -0.1) is 0 Å². The van der Waals surface area contributed by atoms with E-state index in [1.807, 2.05) is 6.08 Å². The van der Waals surface area contributed by atoms with Crippen molar-refractivity contribution in [2.45, 2.75) is 66.7 Å². The van der Waals surface area contributed by atoms with Gasteiger partial charge in [-0.1, -0.05) is 60.4 Å². The zero-order valence-corrected chi connectivity index (χ0v) is 14.6. The molecule has 0 atom stereocenters. The van der Waals surface area contributed by atoms with E-state index in [-0.39, 0.29) is 0 Å². The molecule has 0 amide bonds. The van der Waals surface area contributed by atoms with Crippen LogP contribution in [0.3, 0.4) is 0 Å². The van der Waals surface area contributed by atoms with Crippen molar-refractivity contribution in [3.8, 4) is 0 Å². The maximum atomic E-state index is 5.50. The van der Waals surface area contributed by atoms with Gasteiger partial charge in [0.05, 0.1) is 0 Å². The molecule has 1 nitrogen and oxygen atoms in total. The minimum atomic E-state index is 0.402. The minimum absolute atomic E-state index is 0.402. The zero-order valence-electron chi connectivity index (χ0n) is 14.6. The van der Waals surface area contributed by atoms with Crippen LogP contribution >= 0.6 is 0 Å². The number of nitrogens with two attached hydrogens (primary N) is 1. The van der Waals surface area contributed by atoms with E-state index < -0.39 is 0 Å². The summed E-state index contributed by atoms with van der Waals surface area (Å²) >= 11 is 0. The van der Waals surface area contributed by atoms with E-state index in [9.17, 15) is 0 Å². The Bertz CT molecular complexity index is 458. The Balaban J connectivity index is 2.60. The molecule has 118 valence electrons. The maximum Gasteiger partial charge on any atom is 0.0112 e. The van der Waals surface area contributed by atoms with Crippen molar-refractivity contribution in [1.29, 1.82) is 0 Å². The molecule has 0 aromatic carbocycles. The Labute approximate surface area is 131 Å². The summed E-state index contributed by atoms with van der Waals surface area (Å²) in [6, 6.07) is 0. The third kappa shape index (κ3) is 6.05. The molecule has 2 N–H and O–H groups in total. The van der Waals surface area contributed by atoms with Crippen molar-refractivity contribution in [2.24, 2.45) is 11.1 Å². The van der Waals surface area contributed by atoms with Gasteiger partial charge in [0, 0.05) is 6.54 Å². The average molecular weight is 287 g/mol. The van der Waals surface area contributed by atoms with Crippen molar-refractivity contribution in [2.75, 3.05) is 6.54 Å². The average Bonchev–Trinajstić information content (AvgIpc) is 2.37. The molecule has 0 bridgehead atoms. The van der Waals surface area contributed by atoms with Crippen LogP contribution in [0.2, 0.25) is 0 Å². The Kier molecular flexibility index (Phi) is 7.17. The van der Waals surface area contributed by atoms with Crippen LogP contribution in [-0.2, 0) is 0 Å². The standard InChI is InChI=1S/C20H33N/c1-16(8-6-9-17(2)13-15-21)11-12-19-18(3)10-7-14-20(19,4)5/h6,8-9,13H,7,10-12,14-15,21H2,1-5H3/b9-6-,16-8+,17-13+. The second-order valence-electron chi connectivity index (χ2n) is 7.05.